The first kappa shape index (κ1) is 43.3. The number of amides is 5. The van der Waals surface area contributed by atoms with Crippen molar-refractivity contribution in [2.75, 3.05) is 44.0 Å². The van der Waals surface area contributed by atoms with Crippen molar-refractivity contribution in [3.05, 3.63) is 77.9 Å². The van der Waals surface area contributed by atoms with Crippen LogP contribution in [0.3, 0.4) is 0 Å². The van der Waals surface area contributed by atoms with Crippen LogP contribution >= 0.6 is 0 Å². The minimum Gasteiger partial charge on any atom is -0.453 e. The zero-order valence-electron chi connectivity index (χ0n) is 34.5. The number of anilines is 2. The lowest BCUT2D eigenvalue weighted by Crippen LogP contribution is -2.60. The molecule has 60 heavy (non-hydrogen) atoms. The molecule has 18 heteroatoms. The number of aromatic nitrogens is 3. The van der Waals surface area contributed by atoms with Crippen molar-refractivity contribution in [1.82, 2.24) is 35.4 Å². The average molecular weight is 834 g/mol. The zero-order chi connectivity index (χ0) is 43.5. The number of carbonyl (C=O) groups is 4. The van der Waals surface area contributed by atoms with Crippen molar-refractivity contribution in [3.8, 4) is 28.1 Å². The summed E-state index contributed by atoms with van der Waals surface area (Å²) in [5.74, 6) is -0.294. The molecule has 0 spiro atoms. The van der Waals surface area contributed by atoms with Crippen molar-refractivity contribution < 1.29 is 41.8 Å². The first-order valence-electron chi connectivity index (χ1n) is 19.7. The van der Waals surface area contributed by atoms with E-state index < -0.39 is 30.2 Å². The topological polar surface area (TPSA) is 174 Å². The van der Waals surface area contributed by atoms with E-state index in [-0.39, 0.29) is 52.8 Å². The van der Waals surface area contributed by atoms with Gasteiger partial charge in [-0.15, -0.1) is 13.2 Å². The normalized spacial score (nSPS) is 18.6. The molecule has 0 bridgehead atoms. The number of ether oxygens (including phenoxy) is 2. The number of H-pyrrole nitrogens is 1. The number of piperazine rings is 1. The molecule has 0 radical (unpaired) electrons. The Balaban J connectivity index is 1.17. The van der Waals surface area contributed by atoms with Crippen LogP contribution in [0.5, 0.6) is 5.75 Å². The lowest BCUT2D eigenvalue weighted by atomic mass is 9.99. The number of imidazole rings is 1. The molecule has 2 aromatic carbocycles. The number of aryl methyl sites for hydroxylation is 1. The van der Waals surface area contributed by atoms with Crippen LogP contribution in [-0.2, 0) is 9.53 Å². The number of nitrogens with zero attached hydrogens (tertiary/aromatic N) is 5. The van der Waals surface area contributed by atoms with Crippen LogP contribution in [0, 0.1) is 12.8 Å². The first-order valence-corrected chi connectivity index (χ1v) is 19.7. The number of hydrogen-bond acceptors (Lipinski definition) is 9. The fourth-order valence-corrected chi connectivity index (χ4v) is 7.68. The molecule has 4 atom stereocenters. The molecule has 2 aliphatic heterocycles. The second kappa shape index (κ2) is 17.9. The molecule has 0 unspecified atom stereocenters. The Hall–Kier alpha value is -6.33. The first-order chi connectivity index (χ1) is 28.5. The molecule has 15 nitrogen and oxygen atoms in total. The van der Waals surface area contributed by atoms with Crippen molar-refractivity contribution in [2.24, 2.45) is 5.92 Å². The molecule has 0 saturated carbocycles. The molecule has 4 heterocycles. The smallest absolute Gasteiger partial charge is 0.453 e. The predicted molar refractivity (Wildman–Crippen MR) is 218 cm³/mol. The van der Waals surface area contributed by atoms with Gasteiger partial charge >= 0.3 is 18.5 Å². The number of urea groups is 1. The predicted octanol–water partition coefficient (Wildman–Crippen LogP) is 6.88. The third-order valence-electron chi connectivity index (χ3n) is 10.9. The fraction of sp³-hybridized carbons (Fsp3) is 0.429. The number of hydrogen-bond donors (Lipinski definition) is 4. The van der Waals surface area contributed by atoms with Crippen molar-refractivity contribution in [3.63, 3.8) is 0 Å². The molecule has 4 N–H and O–H groups in total. The number of aromatic amines is 1. The number of likely N-dealkylation sites (tertiary alicyclic amines) is 1. The van der Waals surface area contributed by atoms with E-state index in [0.717, 1.165) is 12.5 Å². The summed E-state index contributed by atoms with van der Waals surface area (Å²) >= 11 is 0. The number of halogens is 3. The number of alkyl halides is 3. The van der Waals surface area contributed by atoms with Crippen LogP contribution in [0.25, 0.3) is 22.4 Å². The van der Waals surface area contributed by atoms with Crippen molar-refractivity contribution >= 4 is 35.4 Å². The summed E-state index contributed by atoms with van der Waals surface area (Å²) in [6.07, 6.45) is -1.18. The maximum atomic E-state index is 13.8. The molecule has 2 aliphatic rings. The van der Waals surface area contributed by atoms with Gasteiger partial charge < -0.3 is 45.1 Å². The molecule has 2 aromatic heterocycles. The summed E-state index contributed by atoms with van der Waals surface area (Å²) in [4.78, 5) is 69.1. The van der Waals surface area contributed by atoms with E-state index in [1.165, 1.54) is 19.4 Å². The fourth-order valence-electron chi connectivity index (χ4n) is 7.68. The Morgan fingerprint density at radius 3 is 2.32 bits per heavy atom. The summed E-state index contributed by atoms with van der Waals surface area (Å²) < 4.78 is 50.5. The second-order valence-corrected chi connectivity index (χ2v) is 15.4. The monoisotopic (exact) mass is 833 g/mol. The van der Waals surface area contributed by atoms with Crippen molar-refractivity contribution in [2.45, 2.75) is 78.0 Å². The van der Waals surface area contributed by atoms with Gasteiger partial charge in [0.15, 0.2) is 0 Å². The third kappa shape index (κ3) is 9.58. The summed E-state index contributed by atoms with van der Waals surface area (Å²) in [6, 6.07) is 11.3. The van der Waals surface area contributed by atoms with Crippen LogP contribution in [0.2, 0.25) is 0 Å². The van der Waals surface area contributed by atoms with Gasteiger partial charge in [0, 0.05) is 74.0 Å². The third-order valence-corrected chi connectivity index (χ3v) is 10.9. The van der Waals surface area contributed by atoms with Gasteiger partial charge in [-0.2, -0.15) is 0 Å². The number of nitrogens with one attached hydrogen (secondary N) is 4. The van der Waals surface area contributed by atoms with Gasteiger partial charge in [0.25, 0.3) is 5.91 Å². The number of carbonyl (C=O) groups excluding carboxylic acids is 4. The van der Waals surface area contributed by atoms with Gasteiger partial charge in [-0.3, -0.25) is 9.59 Å². The highest BCUT2D eigenvalue weighted by atomic mass is 19.4. The Morgan fingerprint density at radius 2 is 1.68 bits per heavy atom. The van der Waals surface area contributed by atoms with Crippen LogP contribution in [0.15, 0.2) is 60.9 Å². The molecule has 5 amide bonds. The van der Waals surface area contributed by atoms with E-state index in [1.807, 2.05) is 27.7 Å². The highest BCUT2D eigenvalue weighted by Gasteiger charge is 2.38. The van der Waals surface area contributed by atoms with Crippen LogP contribution in [-0.4, -0.2) is 107 Å². The summed E-state index contributed by atoms with van der Waals surface area (Å²) in [7, 11) is 2.83. The molecular formula is C42H50F3N9O6. The van der Waals surface area contributed by atoms with E-state index in [4.69, 9.17) is 9.72 Å². The molecule has 2 fully saturated rings. The highest BCUT2D eigenvalue weighted by molar-refractivity contribution is 6.05. The van der Waals surface area contributed by atoms with Gasteiger partial charge in [0.1, 0.15) is 23.4 Å². The highest BCUT2D eigenvalue weighted by Crippen LogP contribution is 2.39. The number of rotatable bonds is 10. The van der Waals surface area contributed by atoms with Crippen molar-refractivity contribution in [1.29, 1.82) is 0 Å². The lowest BCUT2D eigenvalue weighted by molar-refractivity contribution is -0.274. The zero-order valence-corrected chi connectivity index (χ0v) is 34.5. The van der Waals surface area contributed by atoms with E-state index in [1.54, 1.807) is 66.4 Å². The summed E-state index contributed by atoms with van der Waals surface area (Å²) in [6.45, 7) is 10.8. The molecule has 4 aromatic rings. The standard InChI is InChI=1S/C42H50F3N9O6/c1-23(2)36(51-41(58)59-7)39(56)52-16-8-9-33(52)37-48-20-32(49-37)28-12-10-27(11-13-28)30-17-24(3)31(18-34(30)60-42(43,44)45)50-38(55)29-14-15-35(47-19-29)53-21-26(5)54(22-25(53)4)40(57)46-6/h10-15,17-20,23,25-26,33,36H,8-9,16,21-22H2,1-7H3,(H,46,57)(H,48,49)(H,50,55)(H,51,58)/t25-,26+,33+,36+/m1/s1. The van der Waals surface area contributed by atoms with E-state index in [2.05, 4.69) is 35.6 Å². The average Bonchev–Trinajstić information content (AvgIpc) is 3.91. The van der Waals surface area contributed by atoms with Crippen LogP contribution < -0.4 is 25.6 Å². The Bertz CT molecular complexity index is 2200. The molecule has 320 valence electrons. The molecule has 0 aliphatic carbocycles. The number of methoxy groups -OCH3 is 1. The van der Waals surface area contributed by atoms with Crippen LogP contribution in [0.1, 0.15) is 68.3 Å². The summed E-state index contributed by atoms with van der Waals surface area (Å²) in [5.41, 5.74) is 2.65. The SMILES string of the molecule is CNC(=O)N1C[C@@H](C)N(c2ccc(C(=O)Nc3cc(OC(F)(F)F)c(-c4ccc(-c5c[nH]c([C@@H]6CCCN6C(=O)[C@@H](NC(=O)OC)C(C)C)n5)cc4)cc3C)cn2)C[C@@H]1C. The largest absolute Gasteiger partial charge is 0.573 e. The van der Waals surface area contributed by atoms with Gasteiger partial charge in [-0.05, 0) is 68.9 Å². The van der Waals surface area contributed by atoms with Gasteiger partial charge in [0.2, 0.25) is 5.91 Å². The lowest BCUT2D eigenvalue weighted by Gasteiger charge is -2.44. The Kier molecular flexibility index (Phi) is 12.9. The molecule has 6 rings (SSSR count). The van der Waals surface area contributed by atoms with E-state index in [9.17, 15) is 32.3 Å². The maximum Gasteiger partial charge on any atom is 0.573 e. The quantitative estimate of drug-likeness (QED) is 0.133. The number of pyridine rings is 1. The number of alkyl carbamates (subject to hydrolysis) is 1. The Morgan fingerprint density at radius 1 is 0.967 bits per heavy atom. The second-order valence-electron chi connectivity index (χ2n) is 15.4. The van der Waals surface area contributed by atoms with Gasteiger partial charge in [-0.25, -0.2) is 19.6 Å². The minimum atomic E-state index is -5.02. The molecular weight excluding hydrogens is 784 g/mol. The van der Waals surface area contributed by atoms with Crippen LogP contribution in [0.4, 0.5) is 34.3 Å². The van der Waals surface area contributed by atoms with Gasteiger partial charge in [-0.1, -0.05) is 38.1 Å². The Labute approximate surface area is 346 Å². The van der Waals surface area contributed by atoms with Gasteiger partial charge in [0.05, 0.1) is 24.4 Å². The minimum absolute atomic E-state index is 0.0391. The van der Waals surface area contributed by atoms with E-state index >= 15 is 0 Å². The van der Waals surface area contributed by atoms with E-state index in [0.29, 0.717) is 60.1 Å². The summed E-state index contributed by atoms with van der Waals surface area (Å²) in [5, 5.41) is 8.00. The molecule has 2 saturated heterocycles. The number of benzene rings is 2. The maximum absolute atomic E-state index is 13.8.